The monoisotopic (exact) mass is 263 g/mol. The normalized spacial score (nSPS) is 26.1. The fourth-order valence-corrected chi connectivity index (χ4v) is 3.33. The molecule has 0 amide bonds. The molecule has 0 saturated carbocycles. The highest BCUT2D eigenvalue weighted by atomic mass is 16.5. The van der Waals surface area contributed by atoms with Gasteiger partial charge in [-0.3, -0.25) is 4.68 Å². The summed E-state index contributed by atoms with van der Waals surface area (Å²) in [5, 5.41) is 8.21. The minimum absolute atomic E-state index is 0.401. The van der Waals surface area contributed by atoms with Gasteiger partial charge in [-0.25, -0.2) is 0 Å². The average molecular weight is 263 g/mol. The van der Waals surface area contributed by atoms with Crippen molar-refractivity contribution < 1.29 is 4.74 Å². The number of hydrogen-bond acceptors (Lipinski definition) is 3. The number of nitrogens with zero attached hydrogens (tertiary/aromatic N) is 2. The van der Waals surface area contributed by atoms with Crippen LogP contribution in [0.15, 0.2) is 6.20 Å². The van der Waals surface area contributed by atoms with Crippen LogP contribution in [0.3, 0.4) is 0 Å². The Bertz CT molecular complexity index is 435. The molecular weight excluding hydrogens is 238 g/mol. The van der Waals surface area contributed by atoms with E-state index >= 15 is 0 Å². The average Bonchev–Trinajstić information content (AvgIpc) is 2.80. The van der Waals surface area contributed by atoms with E-state index in [-0.39, 0.29) is 0 Å². The van der Waals surface area contributed by atoms with Crippen molar-refractivity contribution >= 4 is 0 Å². The van der Waals surface area contributed by atoms with E-state index in [1.807, 2.05) is 4.68 Å². The molecular formula is C15H25N3O. The van der Waals surface area contributed by atoms with Gasteiger partial charge in [0.15, 0.2) is 0 Å². The second-order valence-electron chi connectivity index (χ2n) is 6.42. The first kappa shape index (κ1) is 13.1. The zero-order chi connectivity index (χ0) is 13.3. The molecule has 106 valence electrons. The van der Waals surface area contributed by atoms with Gasteiger partial charge in [-0.1, -0.05) is 6.92 Å². The molecule has 1 aliphatic heterocycles. The number of fused-ring (bicyclic) bond motifs is 1. The van der Waals surface area contributed by atoms with Gasteiger partial charge in [-0.15, -0.1) is 0 Å². The molecule has 1 aromatic heterocycles. The van der Waals surface area contributed by atoms with E-state index in [0.717, 1.165) is 19.8 Å². The van der Waals surface area contributed by atoms with Crippen molar-refractivity contribution in [2.24, 2.45) is 12.5 Å². The first-order valence-corrected chi connectivity index (χ1v) is 7.50. The summed E-state index contributed by atoms with van der Waals surface area (Å²) in [5.41, 5.74) is 3.24. The van der Waals surface area contributed by atoms with E-state index in [9.17, 15) is 0 Å². The second kappa shape index (κ2) is 5.25. The molecule has 0 aromatic carbocycles. The van der Waals surface area contributed by atoms with Crippen LogP contribution < -0.4 is 5.32 Å². The van der Waals surface area contributed by atoms with Crippen LogP contribution >= 0.6 is 0 Å². The third kappa shape index (κ3) is 2.70. The quantitative estimate of drug-likeness (QED) is 0.908. The van der Waals surface area contributed by atoms with Gasteiger partial charge in [0.1, 0.15) is 0 Å². The Hall–Kier alpha value is -0.870. The molecule has 0 bridgehead atoms. The van der Waals surface area contributed by atoms with Crippen LogP contribution in [0, 0.1) is 5.41 Å². The largest absolute Gasteiger partial charge is 0.381 e. The third-order valence-corrected chi connectivity index (χ3v) is 4.85. The Labute approximate surface area is 115 Å². The molecule has 1 aromatic rings. The summed E-state index contributed by atoms with van der Waals surface area (Å²) in [5.74, 6) is 0. The van der Waals surface area contributed by atoms with Gasteiger partial charge in [0.25, 0.3) is 0 Å². The summed E-state index contributed by atoms with van der Waals surface area (Å²) in [6.07, 6.45) is 8.09. The lowest BCUT2D eigenvalue weighted by Crippen LogP contribution is -2.39. The highest BCUT2D eigenvalue weighted by Gasteiger charge is 2.30. The number of hydrogen-bond donors (Lipinski definition) is 1. The zero-order valence-corrected chi connectivity index (χ0v) is 12.1. The van der Waals surface area contributed by atoms with Crippen LogP contribution in [0.25, 0.3) is 0 Å². The molecule has 2 aliphatic rings. The highest BCUT2D eigenvalue weighted by molar-refractivity contribution is 5.24. The van der Waals surface area contributed by atoms with Crippen molar-refractivity contribution in [1.82, 2.24) is 15.1 Å². The smallest absolute Gasteiger partial charge is 0.0540 e. The second-order valence-corrected chi connectivity index (χ2v) is 6.42. The minimum Gasteiger partial charge on any atom is -0.381 e. The molecule has 1 aliphatic carbocycles. The van der Waals surface area contributed by atoms with Gasteiger partial charge in [0.05, 0.1) is 6.20 Å². The Kier molecular flexibility index (Phi) is 3.63. The molecule has 1 fully saturated rings. The lowest BCUT2D eigenvalue weighted by Gasteiger charge is -2.36. The molecule has 3 rings (SSSR count). The number of ether oxygens (including phenoxy) is 1. The Morgan fingerprint density at radius 3 is 3.05 bits per heavy atom. The van der Waals surface area contributed by atoms with Crippen LogP contribution in [0.4, 0.5) is 0 Å². The summed E-state index contributed by atoms with van der Waals surface area (Å²) >= 11 is 0. The zero-order valence-electron chi connectivity index (χ0n) is 12.1. The first-order chi connectivity index (χ1) is 9.18. The molecule has 1 unspecified atom stereocenters. The van der Waals surface area contributed by atoms with Crippen molar-refractivity contribution in [3.63, 3.8) is 0 Å². The number of aryl methyl sites for hydroxylation is 1. The van der Waals surface area contributed by atoms with E-state index in [1.165, 1.54) is 43.4 Å². The molecule has 1 saturated heterocycles. The van der Waals surface area contributed by atoms with Gasteiger partial charge in [-0.05, 0) is 37.5 Å². The molecule has 2 heterocycles. The SMILES string of the molecule is Cn1ncc2c1CCCC2NCC1(C)CCOCC1. The topological polar surface area (TPSA) is 39.1 Å². The standard InChI is InChI=1S/C15H25N3O/c1-15(6-8-19-9-7-15)11-16-13-4-3-5-14-12(13)10-17-18(14)2/h10,13,16H,3-9,11H2,1-2H3. The molecule has 19 heavy (non-hydrogen) atoms. The molecule has 0 spiro atoms. The maximum absolute atomic E-state index is 5.48. The maximum atomic E-state index is 5.48. The van der Waals surface area contributed by atoms with Crippen molar-refractivity contribution in [1.29, 1.82) is 0 Å². The van der Waals surface area contributed by atoms with Crippen molar-refractivity contribution in [3.05, 3.63) is 17.5 Å². The number of rotatable bonds is 3. The van der Waals surface area contributed by atoms with E-state index in [4.69, 9.17) is 4.74 Å². The number of aromatic nitrogens is 2. The highest BCUT2D eigenvalue weighted by Crippen LogP contribution is 2.33. The van der Waals surface area contributed by atoms with E-state index in [0.29, 0.717) is 11.5 Å². The van der Waals surface area contributed by atoms with Crippen LogP contribution in [0.5, 0.6) is 0 Å². The predicted octanol–water partition coefficient (Wildman–Crippen LogP) is 2.20. The van der Waals surface area contributed by atoms with Crippen LogP contribution in [0.2, 0.25) is 0 Å². The summed E-state index contributed by atoms with van der Waals surface area (Å²) in [7, 11) is 2.06. The molecule has 1 atom stereocenters. The summed E-state index contributed by atoms with van der Waals surface area (Å²) in [6, 6.07) is 0.497. The Morgan fingerprint density at radius 1 is 1.47 bits per heavy atom. The van der Waals surface area contributed by atoms with Crippen molar-refractivity contribution in [2.75, 3.05) is 19.8 Å². The molecule has 4 heteroatoms. The van der Waals surface area contributed by atoms with Gasteiger partial charge >= 0.3 is 0 Å². The lowest BCUT2D eigenvalue weighted by atomic mass is 9.81. The summed E-state index contributed by atoms with van der Waals surface area (Å²) < 4.78 is 7.52. The molecule has 1 N–H and O–H groups in total. The lowest BCUT2D eigenvalue weighted by molar-refractivity contribution is 0.0226. The maximum Gasteiger partial charge on any atom is 0.0540 e. The molecule has 4 nitrogen and oxygen atoms in total. The Balaban J connectivity index is 1.64. The van der Waals surface area contributed by atoms with Gasteiger partial charge in [0, 0.05) is 44.1 Å². The minimum atomic E-state index is 0.401. The van der Waals surface area contributed by atoms with E-state index in [2.05, 4.69) is 30.6 Å². The fourth-order valence-electron chi connectivity index (χ4n) is 3.33. The Morgan fingerprint density at radius 2 is 2.26 bits per heavy atom. The van der Waals surface area contributed by atoms with Crippen molar-refractivity contribution in [2.45, 2.75) is 45.1 Å². The van der Waals surface area contributed by atoms with Crippen LogP contribution in [0.1, 0.15) is 49.9 Å². The third-order valence-electron chi connectivity index (χ3n) is 4.85. The summed E-state index contributed by atoms with van der Waals surface area (Å²) in [4.78, 5) is 0. The van der Waals surface area contributed by atoms with Gasteiger partial charge < -0.3 is 10.1 Å². The first-order valence-electron chi connectivity index (χ1n) is 7.50. The molecule has 0 radical (unpaired) electrons. The fraction of sp³-hybridized carbons (Fsp3) is 0.800. The van der Waals surface area contributed by atoms with Gasteiger partial charge in [-0.2, -0.15) is 5.10 Å². The van der Waals surface area contributed by atoms with Crippen LogP contribution in [-0.2, 0) is 18.2 Å². The van der Waals surface area contributed by atoms with Crippen molar-refractivity contribution in [3.8, 4) is 0 Å². The van der Waals surface area contributed by atoms with Crippen LogP contribution in [-0.4, -0.2) is 29.5 Å². The predicted molar refractivity (Wildman–Crippen MR) is 75.0 cm³/mol. The van der Waals surface area contributed by atoms with Gasteiger partial charge in [0.2, 0.25) is 0 Å². The summed E-state index contributed by atoms with van der Waals surface area (Å²) in [6.45, 7) is 5.31. The van der Waals surface area contributed by atoms with E-state index < -0.39 is 0 Å². The van der Waals surface area contributed by atoms with E-state index in [1.54, 1.807) is 0 Å². The number of nitrogens with one attached hydrogen (secondary N) is 1.